The molecule has 1 fully saturated rings. The van der Waals surface area contributed by atoms with Crippen molar-refractivity contribution in [3.8, 4) is 0 Å². The van der Waals surface area contributed by atoms with Crippen LogP contribution in [0.15, 0.2) is 24.8 Å². The van der Waals surface area contributed by atoms with Gasteiger partial charge in [-0.3, -0.25) is 9.59 Å². The Hall–Kier alpha value is -2.10. The maximum absolute atomic E-state index is 12.0. The third kappa shape index (κ3) is 3.56. The normalized spacial score (nSPS) is 17.9. The van der Waals surface area contributed by atoms with Gasteiger partial charge in [-0.25, -0.2) is 0 Å². The van der Waals surface area contributed by atoms with Crippen LogP contribution >= 0.6 is 0 Å². The van der Waals surface area contributed by atoms with Gasteiger partial charge in [0.15, 0.2) is 6.29 Å². The molecule has 0 amide bonds. The Morgan fingerprint density at radius 3 is 2.91 bits per heavy atom. The molecule has 4 nitrogen and oxygen atoms in total. The van der Waals surface area contributed by atoms with E-state index in [2.05, 4.69) is 11.5 Å². The summed E-state index contributed by atoms with van der Waals surface area (Å²) in [6.07, 6.45) is 2.62. The monoisotopic (exact) mass is 301 g/mol. The summed E-state index contributed by atoms with van der Waals surface area (Å²) in [4.78, 5) is 25.4. The highest BCUT2D eigenvalue weighted by Gasteiger charge is 2.28. The number of rotatable bonds is 5. The SMILES string of the molecule is C=C(C)c1ccc(C=O)c(N2CCC[C@@H](C(=O)OCC)C2)c1. The van der Waals surface area contributed by atoms with Crippen molar-refractivity contribution in [3.05, 3.63) is 35.9 Å². The molecule has 1 aliphatic heterocycles. The molecule has 0 N–H and O–H groups in total. The number of anilines is 1. The van der Waals surface area contributed by atoms with Crippen molar-refractivity contribution in [2.24, 2.45) is 5.92 Å². The van der Waals surface area contributed by atoms with Crippen molar-refractivity contribution in [3.63, 3.8) is 0 Å². The van der Waals surface area contributed by atoms with Crippen molar-refractivity contribution in [1.82, 2.24) is 0 Å². The van der Waals surface area contributed by atoms with Gasteiger partial charge in [-0.1, -0.05) is 18.2 Å². The maximum Gasteiger partial charge on any atom is 0.310 e. The molecule has 0 unspecified atom stereocenters. The number of aldehydes is 1. The fourth-order valence-electron chi connectivity index (χ4n) is 2.83. The van der Waals surface area contributed by atoms with E-state index in [0.29, 0.717) is 18.7 Å². The number of hydrogen-bond donors (Lipinski definition) is 0. The van der Waals surface area contributed by atoms with Crippen LogP contribution < -0.4 is 4.90 Å². The van der Waals surface area contributed by atoms with Gasteiger partial charge >= 0.3 is 5.97 Å². The predicted molar refractivity (Wildman–Crippen MR) is 88.1 cm³/mol. The van der Waals surface area contributed by atoms with Gasteiger partial charge in [-0.05, 0) is 44.4 Å². The summed E-state index contributed by atoms with van der Waals surface area (Å²) in [6.45, 7) is 9.56. The first kappa shape index (κ1) is 16.3. The highest BCUT2D eigenvalue weighted by molar-refractivity contribution is 5.87. The lowest BCUT2D eigenvalue weighted by atomic mass is 9.96. The number of ether oxygens (including phenoxy) is 1. The topological polar surface area (TPSA) is 46.6 Å². The fraction of sp³-hybridized carbons (Fsp3) is 0.444. The minimum atomic E-state index is -0.143. The molecule has 4 heteroatoms. The van der Waals surface area contributed by atoms with Crippen LogP contribution in [0.25, 0.3) is 5.57 Å². The lowest BCUT2D eigenvalue weighted by Crippen LogP contribution is -2.39. The molecule has 1 heterocycles. The van der Waals surface area contributed by atoms with Crippen LogP contribution in [0.2, 0.25) is 0 Å². The van der Waals surface area contributed by atoms with Gasteiger partial charge in [0, 0.05) is 24.3 Å². The lowest BCUT2D eigenvalue weighted by Gasteiger charge is -2.34. The third-order valence-corrected chi connectivity index (χ3v) is 4.03. The molecule has 1 aromatic rings. The van der Waals surface area contributed by atoms with Crippen molar-refractivity contribution >= 4 is 23.5 Å². The molecule has 118 valence electrons. The van der Waals surface area contributed by atoms with Gasteiger partial charge in [0.2, 0.25) is 0 Å². The van der Waals surface area contributed by atoms with E-state index < -0.39 is 0 Å². The first-order valence-electron chi connectivity index (χ1n) is 7.73. The Labute approximate surface area is 131 Å². The van der Waals surface area contributed by atoms with Crippen molar-refractivity contribution in [1.29, 1.82) is 0 Å². The quantitative estimate of drug-likeness (QED) is 0.618. The van der Waals surface area contributed by atoms with E-state index in [1.807, 2.05) is 32.0 Å². The van der Waals surface area contributed by atoms with E-state index in [0.717, 1.165) is 42.5 Å². The zero-order chi connectivity index (χ0) is 16.1. The zero-order valence-electron chi connectivity index (χ0n) is 13.3. The number of carbonyl (C=O) groups excluding carboxylic acids is 2. The predicted octanol–water partition coefficient (Wildman–Crippen LogP) is 3.31. The molecule has 1 atom stereocenters. The van der Waals surface area contributed by atoms with Gasteiger partial charge in [-0.2, -0.15) is 0 Å². The lowest BCUT2D eigenvalue weighted by molar-refractivity contribution is -0.148. The van der Waals surface area contributed by atoms with Gasteiger partial charge < -0.3 is 9.64 Å². The van der Waals surface area contributed by atoms with E-state index in [1.165, 1.54) is 0 Å². The van der Waals surface area contributed by atoms with Gasteiger partial charge in [0.05, 0.1) is 12.5 Å². The highest BCUT2D eigenvalue weighted by Crippen LogP contribution is 2.29. The molecule has 1 aromatic carbocycles. The van der Waals surface area contributed by atoms with E-state index in [4.69, 9.17) is 4.74 Å². The number of nitrogens with zero attached hydrogens (tertiary/aromatic N) is 1. The summed E-state index contributed by atoms with van der Waals surface area (Å²) in [5.41, 5.74) is 3.50. The smallest absolute Gasteiger partial charge is 0.310 e. The van der Waals surface area contributed by atoms with Crippen LogP contribution in [0.4, 0.5) is 5.69 Å². The average Bonchev–Trinajstić information content (AvgIpc) is 2.54. The van der Waals surface area contributed by atoms with Crippen molar-refractivity contribution < 1.29 is 14.3 Å². The highest BCUT2D eigenvalue weighted by atomic mass is 16.5. The molecule has 0 bridgehead atoms. The minimum absolute atomic E-state index is 0.123. The Bertz CT molecular complexity index is 580. The second-order valence-electron chi connectivity index (χ2n) is 5.71. The zero-order valence-corrected chi connectivity index (χ0v) is 13.3. The van der Waals surface area contributed by atoms with E-state index >= 15 is 0 Å². The molecule has 22 heavy (non-hydrogen) atoms. The number of carbonyl (C=O) groups is 2. The minimum Gasteiger partial charge on any atom is -0.466 e. The summed E-state index contributed by atoms with van der Waals surface area (Å²) in [6, 6.07) is 5.71. The largest absolute Gasteiger partial charge is 0.466 e. The average molecular weight is 301 g/mol. The van der Waals surface area contributed by atoms with Crippen LogP contribution in [0, 0.1) is 5.92 Å². The molecular formula is C18H23NO3. The number of benzene rings is 1. The van der Waals surface area contributed by atoms with Gasteiger partial charge in [-0.15, -0.1) is 0 Å². The Morgan fingerprint density at radius 1 is 1.50 bits per heavy atom. The summed E-state index contributed by atoms with van der Waals surface area (Å²) in [5, 5.41) is 0. The van der Waals surface area contributed by atoms with Crippen LogP contribution in [0.1, 0.15) is 42.6 Å². The molecule has 2 rings (SSSR count). The first-order chi connectivity index (χ1) is 10.6. The van der Waals surface area contributed by atoms with Gasteiger partial charge in [0.1, 0.15) is 0 Å². The van der Waals surface area contributed by atoms with Crippen LogP contribution in [0.5, 0.6) is 0 Å². The van der Waals surface area contributed by atoms with Crippen LogP contribution in [-0.2, 0) is 9.53 Å². The molecule has 0 spiro atoms. The number of allylic oxidation sites excluding steroid dienone is 1. The van der Waals surface area contributed by atoms with E-state index in [1.54, 1.807) is 0 Å². The molecule has 0 aliphatic carbocycles. The third-order valence-electron chi connectivity index (χ3n) is 4.03. The van der Waals surface area contributed by atoms with E-state index in [-0.39, 0.29) is 11.9 Å². The van der Waals surface area contributed by atoms with Gasteiger partial charge in [0.25, 0.3) is 0 Å². The van der Waals surface area contributed by atoms with Crippen molar-refractivity contribution in [2.45, 2.75) is 26.7 Å². The summed E-state index contributed by atoms with van der Waals surface area (Å²) >= 11 is 0. The summed E-state index contributed by atoms with van der Waals surface area (Å²) in [5.74, 6) is -0.266. The molecular weight excluding hydrogens is 278 g/mol. The Balaban J connectivity index is 2.26. The van der Waals surface area contributed by atoms with E-state index in [9.17, 15) is 9.59 Å². The van der Waals surface area contributed by atoms with Crippen LogP contribution in [-0.4, -0.2) is 32.0 Å². The molecule has 0 radical (unpaired) electrons. The summed E-state index contributed by atoms with van der Waals surface area (Å²) < 4.78 is 5.13. The number of esters is 1. The second-order valence-corrected chi connectivity index (χ2v) is 5.71. The Kier molecular flexibility index (Phi) is 5.36. The standard InChI is InChI=1S/C18H23NO3/c1-4-22-18(21)15-6-5-9-19(11-15)17-10-14(13(2)3)7-8-16(17)12-20/h7-8,10,12,15H,2,4-6,9,11H2,1,3H3/t15-/m1/s1. The maximum atomic E-state index is 12.0. The Morgan fingerprint density at radius 2 is 2.27 bits per heavy atom. The summed E-state index contributed by atoms with van der Waals surface area (Å²) in [7, 11) is 0. The molecule has 0 aromatic heterocycles. The number of piperidine rings is 1. The number of hydrogen-bond acceptors (Lipinski definition) is 4. The fourth-order valence-corrected chi connectivity index (χ4v) is 2.83. The van der Waals surface area contributed by atoms with Crippen molar-refractivity contribution in [2.75, 3.05) is 24.6 Å². The molecule has 1 saturated heterocycles. The first-order valence-corrected chi connectivity index (χ1v) is 7.73. The molecule has 1 aliphatic rings. The second kappa shape index (κ2) is 7.25. The molecule has 0 saturated carbocycles. The van der Waals surface area contributed by atoms with Crippen LogP contribution in [0.3, 0.4) is 0 Å².